The first-order valence-electron chi connectivity index (χ1n) is 4.90. The fourth-order valence-electron chi connectivity index (χ4n) is 0.966. The Morgan fingerprint density at radius 1 is 1.18 bits per heavy atom. The smallest absolute Gasteiger partial charge is 0.304 e. The number of thioether (sulfide) groups is 1. The zero-order valence-corrected chi connectivity index (χ0v) is 11.4. The molecule has 3 nitrogen and oxygen atoms in total. The largest absolute Gasteiger partial charge is 0.481 e. The van der Waals surface area contributed by atoms with Crippen molar-refractivity contribution in [2.75, 3.05) is 5.75 Å². The van der Waals surface area contributed by atoms with E-state index in [1.807, 2.05) is 30.3 Å². The summed E-state index contributed by atoms with van der Waals surface area (Å²) in [5.41, 5.74) is 1.17. The van der Waals surface area contributed by atoms with Crippen LogP contribution in [0, 0.1) is 0 Å². The van der Waals surface area contributed by atoms with Gasteiger partial charge in [0.2, 0.25) is 0 Å². The van der Waals surface area contributed by atoms with Crippen LogP contribution in [0.25, 0.3) is 0 Å². The van der Waals surface area contributed by atoms with Crippen molar-refractivity contribution in [2.24, 2.45) is 0 Å². The fourth-order valence-corrected chi connectivity index (χ4v) is 4.07. The molecule has 0 aliphatic rings. The van der Waals surface area contributed by atoms with Crippen LogP contribution in [0.1, 0.15) is 12.0 Å². The zero-order chi connectivity index (χ0) is 12.5. The number of carbonyl (C=O) groups is 2. The summed E-state index contributed by atoms with van der Waals surface area (Å²) in [5, 5.41) is 8.41. The van der Waals surface area contributed by atoms with Crippen LogP contribution >= 0.6 is 33.3 Å². The Morgan fingerprint density at radius 2 is 1.88 bits per heavy atom. The molecule has 0 spiro atoms. The Hall–Kier alpha value is -0.590. The van der Waals surface area contributed by atoms with E-state index < -0.39 is 5.97 Å². The molecule has 6 heteroatoms. The molecule has 0 aliphatic heterocycles. The monoisotopic (exact) mass is 288 g/mol. The van der Waals surface area contributed by atoms with Gasteiger partial charge in [-0.1, -0.05) is 52.9 Å². The van der Waals surface area contributed by atoms with E-state index in [4.69, 9.17) is 5.11 Å². The molecule has 1 N–H and O–H groups in total. The minimum Gasteiger partial charge on any atom is -0.481 e. The predicted molar refractivity (Wildman–Crippen MR) is 75.4 cm³/mol. The molecule has 0 fully saturated rings. The molecule has 0 aliphatic carbocycles. The number of aliphatic carboxylic acids is 1. The zero-order valence-electron chi connectivity index (χ0n) is 9.00. The lowest BCUT2D eigenvalue weighted by atomic mass is 10.2. The highest BCUT2D eigenvalue weighted by Crippen LogP contribution is 2.31. The first-order chi connectivity index (χ1) is 8.18. The molecule has 1 aromatic rings. The summed E-state index contributed by atoms with van der Waals surface area (Å²) in [5.74, 6) is 0.247. The standard InChI is InChI=1S/C11H12O3S3/c12-10(13)6-7-15-11(14)17-16-8-9-4-2-1-3-5-9/h1-5H,6-8H2,(H,12,13). The van der Waals surface area contributed by atoms with E-state index in [1.165, 1.54) is 27.2 Å². The van der Waals surface area contributed by atoms with Crippen LogP contribution < -0.4 is 0 Å². The lowest BCUT2D eigenvalue weighted by Gasteiger charge is -2.00. The highest BCUT2D eigenvalue weighted by atomic mass is 33.1. The van der Waals surface area contributed by atoms with Gasteiger partial charge in [-0.15, -0.1) is 0 Å². The van der Waals surface area contributed by atoms with Crippen molar-refractivity contribution in [1.29, 1.82) is 0 Å². The summed E-state index contributed by atoms with van der Waals surface area (Å²) in [4.78, 5) is 21.6. The van der Waals surface area contributed by atoms with Gasteiger partial charge in [0.15, 0.2) is 0 Å². The van der Waals surface area contributed by atoms with Crippen molar-refractivity contribution in [3.8, 4) is 0 Å². The van der Waals surface area contributed by atoms with Gasteiger partial charge in [-0.25, -0.2) is 0 Å². The summed E-state index contributed by atoms with van der Waals surface area (Å²) in [6.07, 6.45) is 0.0281. The molecular formula is C11H12O3S3. The second-order valence-electron chi connectivity index (χ2n) is 3.07. The van der Waals surface area contributed by atoms with Gasteiger partial charge in [-0.05, 0) is 16.4 Å². The maximum atomic E-state index is 11.3. The number of rotatable bonds is 6. The number of carboxylic acid groups (broad SMARTS) is 1. The van der Waals surface area contributed by atoms with Crippen LogP contribution in [-0.4, -0.2) is 21.3 Å². The van der Waals surface area contributed by atoms with Crippen LogP contribution in [-0.2, 0) is 10.5 Å². The third kappa shape index (κ3) is 7.36. The van der Waals surface area contributed by atoms with Gasteiger partial charge >= 0.3 is 5.97 Å². The summed E-state index contributed by atoms with van der Waals surface area (Å²) < 4.78 is -0.0350. The van der Waals surface area contributed by atoms with E-state index in [1.54, 1.807) is 0 Å². The van der Waals surface area contributed by atoms with Crippen molar-refractivity contribution in [1.82, 2.24) is 0 Å². The summed E-state index contributed by atoms with van der Waals surface area (Å²) >= 11 is 1.06. The molecule has 0 amide bonds. The van der Waals surface area contributed by atoms with Crippen LogP contribution in [0.5, 0.6) is 0 Å². The predicted octanol–water partition coefficient (Wildman–Crippen LogP) is 3.90. The van der Waals surface area contributed by atoms with Crippen molar-refractivity contribution < 1.29 is 14.7 Å². The normalized spacial score (nSPS) is 10.1. The van der Waals surface area contributed by atoms with Crippen LogP contribution in [0.15, 0.2) is 30.3 Å². The maximum absolute atomic E-state index is 11.3. The highest BCUT2D eigenvalue weighted by molar-refractivity contribution is 8.85. The van der Waals surface area contributed by atoms with Crippen LogP contribution in [0.3, 0.4) is 0 Å². The first kappa shape index (κ1) is 14.5. The molecule has 0 bridgehead atoms. The number of carboxylic acids is 1. The first-order valence-corrected chi connectivity index (χ1v) is 8.21. The SMILES string of the molecule is O=C(O)CCSC(=O)SSCc1ccccc1. The van der Waals surface area contributed by atoms with E-state index in [-0.39, 0.29) is 10.9 Å². The molecule has 1 aromatic carbocycles. The quantitative estimate of drug-likeness (QED) is 0.801. The molecule has 0 unspecified atom stereocenters. The topological polar surface area (TPSA) is 54.4 Å². The average Bonchev–Trinajstić information content (AvgIpc) is 2.30. The van der Waals surface area contributed by atoms with Gasteiger partial charge < -0.3 is 5.11 Å². The van der Waals surface area contributed by atoms with Crippen molar-refractivity contribution >= 4 is 43.8 Å². The Bertz CT molecular complexity index is 367. The minimum absolute atomic E-state index is 0.0281. The number of carbonyl (C=O) groups excluding carboxylic acids is 1. The highest BCUT2D eigenvalue weighted by Gasteiger charge is 2.06. The van der Waals surface area contributed by atoms with E-state index >= 15 is 0 Å². The van der Waals surface area contributed by atoms with Crippen LogP contribution in [0.4, 0.5) is 4.79 Å². The van der Waals surface area contributed by atoms with Gasteiger partial charge in [0.1, 0.15) is 0 Å². The van der Waals surface area contributed by atoms with Crippen molar-refractivity contribution in [2.45, 2.75) is 12.2 Å². The van der Waals surface area contributed by atoms with E-state index in [0.717, 1.165) is 17.5 Å². The number of hydrogen-bond donors (Lipinski definition) is 1. The van der Waals surface area contributed by atoms with E-state index in [2.05, 4.69) is 0 Å². The third-order valence-corrected chi connectivity index (χ3v) is 5.16. The summed E-state index contributed by atoms with van der Waals surface area (Å²) in [7, 11) is 2.64. The summed E-state index contributed by atoms with van der Waals surface area (Å²) in [6, 6.07) is 9.90. The van der Waals surface area contributed by atoms with Gasteiger partial charge in [0, 0.05) is 11.5 Å². The Balaban J connectivity index is 2.10. The molecule has 0 saturated heterocycles. The summed E-state index contributed by atoms with van der Waals surface area (Å²) in [6.45, 7) is 0. The van der Waals surface area contributed by atoms with E-state index in [9.17, 15) is 9.59 Å². The molecule has 1 rings (SSSR count). The van der Waals surface area contributed by atoms with Gasteiger partial charge in [-0.2, -0.15) is 0 Å². The van der Waals surface area contributed by atoms with Gasteiger partial charge in [-0.3, -0.25) is 9.59 Å². The molecule has 0 aromatic heterocycles. The molecule has 0 saturated carbocycles. The van der Waals surface area contributed by atoms with Crippen molar-refractivity contribution in [3.05, 3.63) is 35.9 Å². The van der Waals surface area contributed by atoms with Crippen LogP contribution in [0.2, 0.25) is 0 Å². The molecule has 0 heterocycles. The number of hydrogen-bond acceptors (Lipinski definition) is 5. The lowest BCUT2D eigenvalue weighted by Crippen LogP contribution is -1.96. The second-order valence-corrected chi connectivity index (χ2v) is 6.67. The third-order valence-electron chi connectivity index (χ3n) is 1.73. The Kier molecular flexibility index (Phi) is 7.23. The second kappa shape index (κ2) is 8.49. The molecule has 92 valence electrons. The molecular weight excluding hydrogens is 276 g/mol. The fraction of sp³-hybridized carbons (Fsp3) is 0.273. The Morgan fingerprint density at radius 3 is 2.53 bits per heavy atom. The number of benzene rings is 1. The Labute approximate surface area is 112 Å². The molecule has 0 radical (unpaired) electrons. The lowest BCUT2D eigenvalue weighted by molar-refractivity contribution is -0.136. The van der Waals surface area contributed by atoms with Gasteiger partial charge in [0.05, 0.1) is 6.42 Å². The maximum Gasteiger partial charge on any atom is 0.304 e. The average molecular weight is 288 g/mol. The molecule has 0 atom stereocenters. The molecule has 17 heavy (non-hydrogen) atoms. The van der Waals surface area contributed by atoms with Crippen molar-refractivity contribution in [3.63, 3.8) is 0 Å². The van der Waals surface area contributed by atoms with Gasteiger partial charge in [0.25, 0.3) is 4.45 Å². The van der Waals surface area contributed by atoms with E-state index in [0.29, 0.717) is 5.75 Å². The minimum atomic E-state index is -0.868.